The van der Waals surface area contributed by atoms with Gasteiger partial charge in [-0.3, -0.25) is 0 Å². The van der Waals surface area contributed by atoms with Crippen LogP contribution in [-0.4, -0.2) is 13.8 Å². The summed E-state index contributed by atoms with van der Waals surface area (Å²) in [7, 11) is 1.57. The van der Waals surface area contributed by atoms with E-state index in [0.717, 1.165) is 0 Å². The summed E-state index contributed by atoms with van der Waals surface area (Å²) in [5.74, 6) is -0.344. The highest BCUT2D eigenvalue weighted by molar-refractivity contribution is 5.78. The molecular weight excluding hydrogens is 195 g/mol. The normalized spacial score (nSPS) is 10.9. The second-order valence-electron chi connectivity index (χ2n) is 3.07. The Morgan fingerprint density at radius 3 is 2.87 bits per heavy atom. The van der Waals surface area contributed by atoms with Crippen LogP contribution in [0.1, 0.15) is 12.5 Å². The monoisotopic (exact) mass is 210 g/mol. The molecule has 0 radical (unpaired) electrons. The Bertz CT molecular complexity index is 364. The average Bonchev–Trinajstić information content (AvgIpc) is 2.17. The van der Waals surface area contributed by atoms with Crippen LogP contribution in [-0.2, 0) is 4.74 Å². The van der Waals surface area contributed by atoms with Crippen molar-refractivity contribution in [2.45, 2.75) is 6.92 Å². The second kappa shape index (κ2) is 5.36. The lowest BCUT2D eigenvalue weighted by atomic mass is 10.1. The molecular formula is C11H15FN2O. The van der Waals surface area contributed by atoms with Gasteiger partial charge in [-0.1, -0.05) is 12.2 Å². The van der Waals surface area contributed by atoms with Gasteiger partial charge in [0.25, 0.3) is 0 Å². The lowest BCUT2D eigenvalue weighted by Gasteiger charge is -2.12. The summed E-state index contributed by atoms with van der Waals surface area (Å²) in [6, 6.07) is 2.71. The molecule has 0 saturated carbocycles. The number of ether oxygens (including phenoxy) is 1. The molecule has 3 N–H and O–H groups in total. The molecule has 3 nitrogen and oxygen atoms in total. The van der Waals surface area contributed by atoms with Gasteiger partial charge < -0.3 is 15.8 Å². The Kier molecular flexibility index (Phi) is 4.12. The first-order valence-electron chi connectivity index (χ1n) is 4.63. The predicted octanol–water partition coefficient (Wildman–Crippen LogP) is 2.46. The average molecular weight is 210 g/mol. The number of nitrogens with one attached hydrogen (secondary N) is 1. The zero-order chi connectivity index (χ0) is 11.3. The van der Waals surface area contributed by atoms with E-state index in [1.807, 2.05) is 13.0 Å². The molecule has 0 aliphatic rings. The Hall–Kier alpha value is -1.55. The SMILES string of the molecule is C/C=C/c1cc(F)cc(N)c1NCOC. The van der Waals surface area contributed by atoms with E-state index in [1.165, 1.54) is 12.1 Å². The van der Waals surface area contributed by atoms with E-state index in [1.54, 1.807) is 13.2 Å². The molecule has 0 heterocycles. The van der Waals surface area contributed by atoms with Crippen LogP contribution in [0.5, 0.6) is 0 Å². The maximum absolute atomic E-state index is 13.1. The van der Waals surface area contributed by atoms with Crippen LogP contribution in [0.2, 0.25) is 0 Å². The van der Waals surface area contributed by atoms with Gasteiger partial charge in [0.05, 0.1) is 11.4 Å². The van der Waals surface area contributed by atoms with E-state index in [0.29, 0.717) is 23.7 Å². The summed E-state index contributed by atoms with van der Waals surface area (Å²) >= 11 is 0. The van der Waals surface area contributed by atoms with Gasteiger partial charge in [0.15, 0.2) is 0 Å². The van der Waals surface area contributed by atoms with Crippen molar-refractivity contribution in [2.24, 2.45) is 0 Å². The van der Waals surface area contributed by atoms with Crippen molar-refractivity contribution in [3.8, 4) is 0 Å². The number of hydrogen-bond acceptors (Lipinski definition) is 3. The van der Waals surface area contributed by atoms with Gasteiger partial charge in [0.1, 0.15) is 12.5 Å². The largest absolute Gasteiger partial charge is 0.397 e. The molecule has 0 atom stereocenters. The van der Waals surface area contributed by atoms with Gasteiger partial charge in [-0.15, -0.1) is 0 Å². The zero-order valence-electron chi connectivity index (χ0n) is 8.88. The van der Waals surface area contributed by atoms with Gasteiger partial charge in [-0.2, -0.15) is 0 Å². The fraction of sp³-hybridized carbons (Fsp3) is 0.273. The maximum Gasteiger partial charge on any atom is 0.126 e. The van der Waals surface area contributed by atoms with Crippen molar-refractivity contribution in [1.82, 2.24) is 0 Å². The highest BCUT2D eigenvalue weighted by Gasteiger charge is 2.06. The quantitative estimate of drug-likeness (QED) is 0.592. The van der Waals surface area contributed by atoms with Crippen LogP contribution in [0.15, 0.2) is 18.2 Å². The molecule has 0 saturated heterocycles. The fourth-order valence-corrected chi connectivity index (χ4v) is 1.31. The highest BCUT2D eigenvalue weighted by Crippen LogP contribution is 2.26. The topological polar surface area (TPSA) is 47.3 Å². The Morgan fingerprint density at radius 1 is 1.53 bits per heavy atom. The molecule has 0 unspecified atom stereocenters. The molecule has 0 amide bonds. The molecule has 0 aliphatic heterocycles. The third-order valence-corrected chi connectivity index (χ3v) is 1.90. The standard InChI is InChI=1S/C11H15FN2O/c1-3-4-8-5-9(12)6-10(13)11(8)14-7-15-2/h3-6,14H,7,13H2,1-2H3/b4-3+. The van der Waals surface area contributed by atoms with Crippen LogP contribution in [0.3, 0.4) is 0 Å². The summed E-state index contributed by atoms with van der Waals surface area (Å²) in [6.45, 7) is 2.20. The molecule has 0 bridgehead atoms. The number of nitrogens with two attached hydrogens (primary N) is 1. The van der Waals surface area contributed by atoms with E-state index in [-0.39, 0.29) is 5.82 Å². The van der Waals surface area contributed by atoms with E-state index < -0.39 is 0 Å². The second-order valence-corrected chi connectivity index (χ2v) is 3.07. The minimum absolute atomic E-state index is 0.334. The number of benzene rings is 1. The third-order valence-electron chi connectivity index (χ3n) is 1.90. The number of allylic oxidation sites excluding steroid dienone is 1. The first-order valence-corrected chi connectivity index (χ1v) is 4.63. The number of halogens is 1. The van der Waals surface area contributed by atoms with E-state index in [4.69, 9.17) is 10.5 Å². The lowest BCUT2D eigenvalue weighted by molar-refractivity contribution is 0.221. The van der Waals surface area contributed by atoms with Gasteiger partial charge in [0, 0.05) is 12.7 Å². The molecule has 82 valence electrons. The summed E-state index contributed by atoms with van der Waals surface area (Å²) in [5.41, 5.74) is 7.48. The molecule has 1 rings (SSSR count). The Morgan fingerprint density at radius 2 is 2.27 bits per heavy atom. The number of rotatable bonds is 4. The van der Waals surface area contributed by atoms with E-state index >= 15 is 0 Å². The minimum atomic E-state index is -0.344. The Balaban J connectivity index is 3.08. The molecule has 0 fully saturated rings. The smallest absolute Gasteiger partial charge is 0.126 e. The summed E-state index contributed by atoms with van der Waals surface area (Å²) in [4.78, 5) is 0. The van der Waals surface area contributed by atoms with Crippen molar-refractivity contribution in [3.05, 3.63) is 29.6 Å². The first kappa shape index (κ1) is 11.5. The number of anilines is 2. The third kappa shape index (κ3) is 2.95. The molecule has 0 spiro atoms. The molecule has 0 aromatic heterocycles. The molecule has 0 aliphatic carbocycles. The van der Waals surface area contributed by atoms with Crippen LogP contribution < -0.4 is 11.1 Å². The van der Waals surface area contributed by atoms with Crippen molar-refractivity contribution in [1.29, 1.82) is 0 Å². The maximum atomic E-state index is 13.1. The van der Waals surface area contributed by atoms with Gasteiger partial charge in [-0.25, -0.2) is 4.39 Å². The van der Waals surface area contributed by atoms with Gasteiger partial charge in [-0.05, 0) is 19.1 Å². The summed E-state index contributed by atoms with van der Waals surface area (Å²) in [5, 5.41) is 2.98. The van der Waals surface area contributed by atoms with Crippen LogP contribution in [0, 0.1) is 5.82 Å². The number of methoxy groups -OCH3 is 1. The molecule has 4 heteroatoms. The summed E-state index contributed by atoms with van der Waals surface area (Å²) < 4.78 is 18.0. The van der Waals surface area contributed by atoms with Crippen LogP contribution >= 0.6 is 0 Å². The van der Waals surface area contributed by atoms with E-state index in [2.05, 4.69) is 5.32 Å². The van der Waals surface area contributed by atoms with Crippen LogP contribution in [0.25, 0.3) is 6.08 Å². The zero-order valence-corrected chi connectivity index (χ0v) is 8.88. The van der Waals surface area contributed by atoms with Gasteiger partial charge >= 0.3 is 0 Å². The van der Waals surface area contributed by atoms with Crippen molar-refractivity contribution in [2.75, 3.05) is 24.9 Å². The predicted molar refractivity (Wildman–Crippen MR) is 61.0 cm³/mol. The van der Waals surface area contributed by atoms with Crippen molar-refractivity contribution < 1.29 is 9.13 Å². The Labute approximate surface area is 88.7 Å². The molecule has 1 aromatic rings. The van der Waals surface area contributed by atoms with Crippen molar-refractivity contribution in [3.63, 3.8) is 0 Å². The minimum Gasteiger partial charge on any atom is -0.397 e. The lowest BCUT2D eigenvalue weighted by Crippen LogP contribution is -2.07. The highest BCUT2D eigenvalue weighted by atomic mass is 19.1. The van der Waals surface area contributed by atoms with Crippen LogP contribution in [0.4, 0.5) is 15.8 Å². The fourth-order valence-electron chi connectivity index (χ4n) is 1.31. The molecule has 15 heavy (non-hydrogen) atoms. The number of hydrogen-bond donors (Lipinski definition) is 2. The first-order chi connectivity index (χ1) is 7.19. The van der Waals surface area contributed by atoms with E-state index in [9.17, 15) is 4.39 Å². The van der Waals surface area contributed by atoms with Gasteiger partial charge in [0.2, 0.25) is 0 Å². The number of nitrogen functional groups attached to an aromatic ring is 1. The molecule has 1 aromatic carbocycles. The summed E-state index contributed by atoms with van der Waals surface area (Å²) in [6.07, 6.45) is 3.61. The van der Waals surface area contributed by atoms with Crippen molar-refractivity contribution >= 4 is 17.5 Å².